The van der Waals surface area contributed by atoms with E-state index in [0.717, 1.165) is 34.6 Å². The molecule has 0 bridgehead atoms. The Morgan fingerprint density at radius 2 is 0.810 bits per heavy atom. The van der Waals surface area contributed by atoms with E-state index in [2.05, 4.69) is 74.9 Å². The van der Waals surface area contributed by atoms with Crippen LogP contribution in [-0.2, 0) is 42.3 Å². The van der Waals surface area contributed by atoms with Gasteiger partial charge in [-0.05, 0) is 85.6 Å². The first-order valence-corrected chi connectivity index (χ1v) is 19.5. The predicted molar refractivity (Wildman–Crippen MR) is 237 cm³/mol. The molecular weight excluding hydrogens is 807 g/mol. The second-order valence-corrected chi connectivity index (χ2v) is 13.8. The minimum absolute atomic E-state index is 0.623. The molecule has 9 aromatic heterocycles. The van der Waals surface area contributed by atoms with Gasteiger partial charge >= 0.3 is 0 Å². The largest absolute Gasteiger partial charge is 0.449 e. The second kappa shape index (κ2) is 29.0. The van der Waals surface area contributed by atoms with E-state index in [0.29, 0.717) is 23.4 Å². The summed E-state index contributed by atoms with van der Waals surface area (Å²) in [6.07, 6.45) is 16.4. The molecule has 0 fully saturated rings. The number of rotatable bonds is 0. The molecule has 0 saturated carbocycles. The number of hydrogen-bond donors (Lipinski definition) is 0. The molecule has 0 spiro atoms. The van der Waals surface area contributed by atoms with Crippen molar-refractivity contribution in [2.75, 3.05) is 0 Å². The molecule has 342 valence electrons. The average molecular weight is 872 g/mol. The first kappa shape index (κ1) is 53.6. The van der Waals surface area contributed by atoms with Gasteiger partial charge < -0.3 is 13.5 Å². The Bertz CT molecular complexity index is 1810. The molecule has 22 nitrogen and oxygen atoms in total. The Balaban J connectivity index is 0.000000354. The van der Waals surface area contributed by atoms with Crippen LogP contribution in [0.4, 0.5) is 0 Å². The zero-order chi connectivity index (χ0) is 47.5. The minimum atomic E-state index is 0.623. The topological polar surface area (TPSA) is 237 Å². The number of aryl methyl sites for hydroxylation is 18. The third kappa shape index (κ3) is 27.9. The SMILES string of the molecule is Cc1ccn(C)n1.Cc1ccn(C)n1.Cc1cnn(C)c1.Cc1cnn(C)c1.Cc1coc(C)n1.Cc1ncn(C)n1.Cc1ncn(C)n1.Cc1noc(C)n1.Cc1noc(C)n1. The van der Waals surface area contributed by atoms with Crippen molar-refractivity contribution in [3.8, 4) is 0 Å². The summed E-state index contributed by atoms with van der Waals surface area (Å²) in [5.74, 6) is 5.01. The van der Waals surface area contributed by atoms with Crippen molar-refractivity contribution in [1.29, 1.82) is 0 Å². The third-order valence-corrected chi connectivity index (χ3v) is 6.78. The fraction of sp³-hybridized carbons (Fsp3) is 0.439. The summed E-state index contributed by atoms with van der Waals surface area (Å²) in [6, 6.07) is 3.94. The number of oxazole rings is 1. The van der Waals surface area contributed by atoms with E-state index in [-0.39, 0.29) is 0 Å². The van der Waals surface area contributed by atoms with Gasteiger partial charge in [-0.25, -0.2) is 15.0 Å². The van der Waals surface area contributed by atoms with Crippen molar-refractivity contribution in [2.45, 2.75) is 83.1 Å². The molecule has 0 N–H and O–H groups in total. The highest BCUT2D eigenvalue weighted by molar-refractivity contribution is 4.99. The quantitative estimate of drug-likeness (QED) is 0.174. The van der Waals surface area contributed by atoms with Crippen LogP contribution in [0, 0.1) is 83.1 Å². The standard InChI is InChI=1S/4C5H8N2.C5H7NO.2C4H7N3.2C4H6N2O/c2*1-5-3-6-7(2)4-5;2*1-5-3-4-7(2)6-5;1-4-3-7-5(2)6-4;2*1-4-5-3-7(2)6-4;2*1-3-5-4(2)7-6-3/h4*3-4H,1-2H3;3*3H,1-2H3;2*1-2H3. The second-order valence-electron chi connectivity index (χ2n) is 13.8. The van der Waals surface area contributed by atoms with Gasteiger partial charge in [-0.3, -0.25) is 28.1 Å². The fourth-order valence-electron chi connectivity index (χ4n) is 4.32. The molecule has 0 radical (unpaired) electrons. The lowest BCUT2D eigenvalue weighted by molar-refractivity contribution is 0.389. The highest BCUT2D eigenvalue weighted by atomic mass is 16.5. The van der Waals surface area contributed by atoms with Crippen LogP contribution in [0.5, 0.6) is 0 Å². The predicted octanol–water partition coefficient (Wildman–Crippen LogP) is 5.83. The maximum atomic E-state index is 4.85. The maximum absolute atomic E-state index is 4.85. The molecule has 0 unspecified atom stereocenters. The Morgan fingerprint density at radius 1 is 0.413 bits per heavy atom. The van der Waals surface area contributed by atoms with Crippen LogP contribution < -0.4 is 0 Å². The Hall–Kier alpha value is -7.39. The molecule has 0 saturated heterocycles. The van der Waals surface area contributed by atoms with Crippen molar-refractivity contribution in [1.82, 2.24) is 93.9 Å². The zero-order valence-corrected chi connectivity index (χ0v) is 40.1. The van der Waals surface area contributed by atoms with Gasteiger partial charge in [0.2, 0.25) is 11.8 Å². The smallest absolute Gasteiger partial charge is 0.223 e. The monoisotopic (exact) mass is 872 g/mol. The molecule has 9 aromatic rings. The molecule has 0 atom stereocenters. The van der Waals surface area contributed by atoms with E-state index in [9.17, 15) is 0 Å². The Labute approximate surface area is 369 Å². The summed E-state index contributed by atoms with van der Waals surface area (Å²) >= 11 is 0. The van der Waals surface area contributed by atoms with Crippen LogP contribution in [0.25, 0.3) is 0 Å². The normalized spacial score (nSPS) is 9.43. The number of hydrogen-bond acceptors (Lipinski definition) is 16. The van der Waals surface area contributed by atoms with E-state index < -0.39 is 0 Å². The van der Waals surface area contributed by atoms with Crippen molar-refractivity contribution in [3.63, 3.8) is 0 Å². The van der Waals surface area contributed by atoms with Crippen LogP contribution in [-0.4, -0.2) is 93.9 Å². The highest BCUT2D eigenvalue weighted by Gasteiger charge is 1.91. The van der Waals surface area contributed by atoms with Gasteiger partial charge in [-0.1, -0.05) is 10.3 Å². The first-order valence-electron chi connectivity index (χ1n) is 19.5. The van der Waals surface area contributed by atoms with Gasteiger partial charge in [0.15, 0.2) is 17.5 Å². The van der Waals surface area contributed by atoms with Gasteiger partial charge in [-0.15, -0.1) is 0 Å². The van der Waals surface area contributed by atoms with E-state index in [1.807, 2.05) is 147 Å². The lowest BCUT2D eigenvalue weighted by atomic mass is 10.4. The van der Waals surface area contributed by atoms with Crippen LogP contribution in [0.3, 0.4) is 0 Å². The average Bonchev–Trinajstić information content (AvgIpc) is 4.08. The summed E-state index contributed by atoms with van der Waals surface area (Å²) < 4.78 is 24.6. The van der Waals surface area contributed by atoms with Crippen LogP contribution in [0.15, 0.2) is 81.7 Å². The van der Waals surface area contributed by atoms with Crippen molar-refractivity contribution in [2.24, 2.45) is 42.3 Å². The summed E-state index contributed by atoms with van der Waals surface area (Å²) in [7, 11) is 11.3. The molecule has 9 heterocycles. The van der Waals surface area contributed by atoms with Crippen LogP contribution >= 0.6 is 0 Å². The van der Waals surface area contributed by atoms with E-state index in [1.54, 1.807) is 74.7 Å². The lowest BCUT2D eigenvalue weighted by Gasteiger charge is -1.79. The molecule has 22 heteroatoms. The molecule has 0 aliphatic carbocycles. The van der Waals surface area contributed by atoms with Crippen LogP contribution in [0.1, 0.15) is 69.2 Å². The van der Waals surface area contributed by atoms with Gasteiger partial charge in [0.1, 0.15) is 30.6 Å². The third-order valence-electron chi connectivity index (χ3n) is 6.78. The molecular formula is C41H65N19O3. The van der Waals surface area contributed by atoms with Gasteiger partial charge in [-0.2, -0.15) is 40.6 Å². The fourth-order valence-corrected chi connectivity index (χ4v) is 4.32. The summed E-state index contributed by atoms with van der Waals surface area (Å²) in [5, 5.41) is 30.8. The van der Waals surface area contributed by atoms with Crippen molar-refractivity contribution in [3.05, 3.63) is 137 Å². The van der Waals surface area contributed by atoms with Gasteiger partial charge in [0, 0.05) is 87.8 Å². The minimum Gasteiger partial charge on any atom is -0.449 e. The van der Waals surface area contributed by atoms with Crippen LogP contribution in [0.2, 0.25) is 0 Å². The zero-order valence-electron chi connectivity index (χ0n) is 40.1. The number of aromatic nitrogens is 19. The summed E-state index contributed by atoms with van der Waals surface area (Å²) in [5.41, 5.74) is 5.51. The molecule has 0 aliphatic heterocycles. The van der Waals surface area contributed by atoms with Gasteiger partial charge in [0.25, 0.3) is 0 Å². The summed E-state index contributed by atoms with van der Waals surface area (Å²) in [4.78, 5) is 19.3. The van der Waals surface area contributed by atoms with Crippen molar-refractivity contribution >= 4 is 0 Å². The maximum Gasteiger partial charge on any atom is 0.223 e. The molecule has 0 amide bonds. The molecule has 0 aliphatic rings. The molecule has 0 aromatic carbocycles. The number of nitrogens with zero attached hydrogens (tertiary/aromatic N) is 19. The molecule has 9 rings (SSSR count). The Kier molecular flexibility index (Phi) is 24.7. The van der Waals surface area contributed by atoms with E-state index in [4.69, 9.17) is 4.42 Å². The summed E-state index contributed by atoms with van der Waals surface area (Å²) in [6.45, 7) is 22.5. The lowest BCUT2D eigenvalue weighted by Crippen LogP contribution is -1.86. The van der Waals surface area contributed by atoms with Crippen molar-refractivity contribution < 1.29 is 13.5 Å². The van der Waals surface area contributed by atoms with Gasteiger partial charge in [0.05, 0.1) is 29.5 Å². The highest BCUT2D eigenvalue weighted by Crippen LogP contribution is 1.96. The van der Waals surface area contributed by atoms with E-state index in [1.165, 1.54) is 11.1 Å². The first-order chi connectivity index (χ1) is 29.6. The van der Waals surface area contributed by atoms with E-state index >= 15 is 0 Å². The Morgan fingerprint density at radius 3 is 0.889 bits per heavy atom. The molecule has 63 heavy (non-hydrogen) atoms.